The Balaban J connectivity index is 2.09. The second-order valence-electron chi connectivity index (χ2n) is 5.60. The molecule has 1 aliphatic carbocycles. The maximum absolute atomic E-state index is 9.68. The van der Waals surface area contributed by atoms with Gasteiger partial charge in [-0.3, -0.25) is 0 Å². The van der Waals surface area contributed by atoms with Crippen LogP contribution in [-0.4, -0.2) is 17.8 Å². The largest absolute Gasteiger partial charge is 0.394 e. The van der Waals surface area contributed by atoms with Crippen LogP contribution in [0.15, 0.2) is 35.9 Å². The summed E-state index contributed by atoms with van der Waals surface area (Å²) >= 11 is 6.17. The maximum Gasteiger partial charge on any atom is 0.0637 e. The van der Waals surface area contributed by atoms with Gasteiger partial charge in [-0.05, 0) is 43.7 Å². The molecule has 0 saturated carbocycles. The molecule has 0 radical (unpaired) electrons. The number of para-hydroxylation sites is 1. The highest BCUT2D eigenvalue weighted by Crippen LogP contribution is 2.32. The van der Waals surface area contributed by atoms with E-state index in [1.807, 2.05) is 24.3 Å². The summed E-state index contributed by atoms with van der Waals surface area (Å²) in [6.07, 6.45) is 4.49. The maximum atomic E-state index is 9.68. The van der Waals surface area contributed by atoms with Crippen LogP contribution in [0.1, 0.15) is 26.7 Å². The van der Waals surface area contributed by atoms with E-state index in [9.17, 15) is 5.11 Å². The van der Waals surface area contributed by atoms with Gasteiger partial charge in [0.1, 0.15) is 0 Å². The Hall–Kier alpha value is -0.990. The number of aliphatic hydroxyl groups excluding tert-OH is 1. The number of aliphatic hydroxyl groups is 1. The fraction of sp³-hybridized carbons (Fsp3) is 0.500. The van der Waals surface area contributed by atoms with Gasteiger partial charge in [0.25, 0.3) is 0 Å². The third kappa shape index (κ3) is 3.74. The predicted molar refractivity (Wildman–Crippen MR) is 81.6 cm³/mol. The van der Waals surface area contributed by atoms with Crippen LogP contribution in [0.3, 0.4) is 0 Å². The van der Waals surface area contributed by atoms with Crippen molar-refractivity contribution in [2.24, 2.45) is 11.8 Å². The quantitative estimate of drug-likeness (QED) is 0.813. The van der Waals surface area contributed by atoms with Crippen molar-refractivity contribution >= 4 is 17.3 Å². The van der Waals surface area contributed by atoms with Crippen molar-refractivity contribution in [3.05, 3.63) is 40.9 Å². The van der Waals surface area contributed by atoms with E-state index in [1.54, 1.807) is 0 Å². The SMILES string of the molecule is CC1=CC(C)CC(C(CO)Nc2ccccc2Cl)C1. The highest BCUT2D eigenvalue weighted by molar-refractivity contribution is 6.33. The number of benzene rings is 1. The molecule has 1 aliphatic rings. The van der Waals surface area contributed by atoms with Crippen molar-refractivity contribution in [3.8, 4) is 0 Å². The van der Waals surface area contributed by atoms with Gasteiger partial charge in [-0.1, -0.05) is 42.3 Å². The van der Waals surface area contributed by atoms with Crippen LogP contribution in [0.2, 0.25) is 5.02 Å². The number of rotatable bonds is 4. The second kappa shape index (κ2) is 6.44. The fourth-order valence-corrected chi connectivity index (χ4v) is 3.18. The third-order valence-electron chi connectivity index (χ3n) is 3.81. The molecule has 2 rings (SSSR count). The van der Waals surface area contributed by atoms with Crippen LogP contribution in [0.25, 0.3) is 0 Å². The molecule has 3 unspecified atom stereocenters. The Labute approximate surface area is 120 Å². The summed E-state index contributed by atoms with van der Waals surface area (Å²) in [4.78, 5) is 0. The first kappa shape index (κ1) is 14.4. The first-order valence-corrected chi connectivity index (χ1v) is 7.27. The van der Waals surface area contributed by atoms with E-state index in [-0.39, 0.29) is 12.6 Å². The van der Waals surface area contributed by atoms with E-state index in [0.29, 0.717) is 16.9 Å². The molecule has 0 saturated heterocycles. The zero-order valence-electron chi connectivity index (χ0n) is 11.6. The molecular formula is C16H22ClNO. The summed E-state index contributed by atoms with van der Waals surface area (Å²) in [5.41, 5.74) is 2.33. The van der Waals surface area contributed by atoms with Crippen LogP contribution in [0, 0.1) is 11.8 Å². The van der Waals surface area contributed by atoms with Crippen LogP contribution in [0.5, 0.6) is 0 Å². The van der Waals surface area contributed by atoms with Gasteiger partial charge in [0, 0.05) is 0 Å². The summed E-state index contributed by atoms with van der Waals surface area (Å²) in [6, 6.07) is 7.76. The first-order chi connectivity index (χ1) is 9.10. The summed E-state index contributed by atoms with van der Waals surface area (Å²) in [5, 5.41) is 13.8. The van der Waals surface area contributed by atoms with Crippen molar-refractivity contribution in [1.29, 1.82) is 0 Å². The van der Waals surface area contributed by atoms with Gasteiger partial charge >= 0.3 is 0 Å². The minimum Gasteiger partial charge on any atom is -0.394 e. The molecular weight excluding hydrogens is 258 g/mol. The van der Waals surface area contributed by atoms with Gasteiger partial charge < -0.3 is 10.4 Å². The second-order valence-corrected chi connectivity index (χ2v) is 6.01. The number of halogens is 1. The first-order valence-electron chi connectivity index (χ1n) is 6.89. The predicted octanol–water partition coefficient (Wildman–Crippen LogP) is 4.11. The molecule has 0 bridgehead atoms. The lowest BCUT2D eigenvalue weighted by molar-refractivity contribution is 0.220. The minimum atomic E-state index is 0.0611. The molecule has 104 valence electrons. The molecule has 19 heavy (non-hydrogen) atoms. The molecule has 0 amide bonds. The highest BCUT2D eigenvalue weighted by atomic mass is 35.5. The Morgan fingerprint density at radius 1 is 1.42 bits per heavy atom. The smallest absolute Gasteiger partial charge is 0.0637 e. The van der Waals surface area contributed by atoms with E-state index in [4.69, 9.17) is 11.6 Å². The molecule has 2 N–H and O–H groups in total. The average molecular weight is 280 g/mol. The topological polar surface area (TPSA) is 32.3 Å². The van der Waals surface area contributed by atoms with Crippen molar-refractivity contribution in [2.45, 2.75) is 32.7 Å². The van der Waals surface area contributed by atoms with Gasteiger partial charge in [0.2, 0.25) is 0 Å². The van der Waals surface area contributed by atoms with E-state index in [0.717, 1.165) is 18.5 Å². The van der Waals surface area contributed by atoms with Crippen LogP contribution in [-0.2, 0) is 0 Å². The molecule has 2 nitrogen and oxygen atoms in total. The molecule has 0 aliphatic heterocycles. The highest BCUT2D eigenvalue weighted by Gasteiger charge is 2.26. The lowest BCUT2D eigenvalue weighted by Gasteiger charge is -2.32. The average Bonchev–Trinajstić information content (AvgIpc) is 2.36. The van der Waals surface area contributed by atoms with E-state index >= 15 is 0 Å². The van der Waals surface area contributed by atoms with Crippen LogP contribution < -0.4 is 5.32 Å². The number of nitrogens with one attached hydrogen (secondary N) is 1. The van der Waals surface area contributed by atoms with Crippen molar-refractivity contribution in [3.63, 3.8) is 0 Å². The zero-order valence-corrected chi connectivity index (χ0v) is 12.3. The third-order valence-corrected chi connectivity index (χ3v) is 4.14. The zero-order chi connectivity index (χ0) is 13.8. The fourth-order valence-electron chi connectivity index (χ4n) is 2.99. The summed E-state index contributed by atoms with van der Waals surface area (Å²) in [7, 11) is 0. The molecule has 1 aromatic carbocycles. The number of allylic oxidation sites excluding steroid dienone is 2. The van der Waals surface area contributed by atoms with Crippen molar-refractivity contribution in [2.75, 3.05) is 11.9 Å². The molecule has 3 heteroatoms. The van der Waals surface area contributed by atoms with Gasteiger partial charge in [-0.25, -0.2) is 0 Å². The number of hydrogen-bond donors (Lipinski definition) is 2. The van der Waals surface area contributed by atoms with Gasteiger partial charge in [-0.15, -0.1) is 0 Å². The molecule has 1 aromatic rings. The Kier molecular flexibility index (Phi) is 4.89. The summed E-state index contributed by atoms with van der Waals surface area (Å²) in [6.45, 7) is 4.54. The van der Waals surface area contributed by atoms with Crippen molar-refractivity contribution in [1.82, 2.24) is 0 Å². The Bertz CT molecular complexity index is 458. The number of anilines is 1. The van der Waals surface area contributed by atoms with E-state index in [1.165, 1.54) is 5.57 Å². The molecule has 0 aromatic heterocycles. The monoisotopic (exact) mass is 279 g/mol. The Morgan fingerprint density at radius 2 is 2.16 bits per heavy atom. The van der Waals surface area contributed by atoms with Gasteiger partial charge in [0.05, 0.1) is 23.4 Å². The van der Waals surface area contributed by atoms with Crippen LogP contribution >= 0.6 is 11.6 Å². The standard InChI is InChI=1S/C16H22ClNO/c1-11-7-12(2)9-13(8-11)16(10-19)18-15-6-4-3-5-14(15)17/h3-7,11,13,16,18-19H,8-10H2,1-2H3. The molecule has 0 fully saturated rings. The summed E-state index contributed by atoms with van der Waals surface area (Å²) < 4.78 is 0. The van der Waals surface area contributed by atoms with E-state index in [2.05, 4.69) is 25.2 Å². The molecule has 3 atom stereocenters. The van der Waals surface area contributed by atoms with Gasteiger partial charge in [-0.2, -0.15) is 0 Å². The van der Waals surface area contributed by atoms with E-state index < -0.39 is 0 Å². The number of hydrogen-bond acceptors (Lipinski definition) is 2. The van der Waals surface area contributed by atoms with Crippen LogP contribution in [0.4, 0.5) is 5.69 Å². The minimum absolute atomic E-state index is 0.0611. The molecule has 0 heterocycles. The lowest BCUT2D eigenvalue weighted by atomic mass is 9.79. The Morgan fingerprint density at radius 3 is 2.79 bits per heavy atom. The lowest BCUT2D eigenvalue weighted by Crippen LogP contribution is -2.35. The summed E-state index contributed by atoms with van der Waals surface area (Å²) in [5.74, 6) is 1.04. The normalized spacial score (nSPS) is 24.7. The van der Waals surface area contributed by atoms with Crippen molar-refractivity contribution < 1.29 is 5.11 Å². The van der Waals surface area contributed by atoms with Gasteiger partial charge in [0.15, 0.2) is 0 Å². The molecule has 0 spiro atoms.